The molecule has 4 nitrogen and oxygen atoms in total. The van der Waals surface area contributed by atoms with Crippen molar-refractivity contribution in [1.82, 2.24) is 9.71 Å². The van der Waals surface area contributed by atoms with Gasteiger partial charge < -0.3 is 0 Å². The Balaban J connectivity index is 2.25. The van der Waals surface area contributed by atoms with Crippen LogP contribution >= 0.6 is 34.5 Å². The van der Waals surface area contributed by atoms with Gasteiger partial charge in [-0.2, -0.15) is 0 Å². The van der Waals surface area contributed by atoms with E-state index >= 15 is 0 Å². The molecule has 0 fully saturated rings. The molecule has 2 rings (SSSR count). The molecular formula is C11H10Cl2N2O2S2. The minimum absolute atomic E-state index is 0.0000861. The summed E-state index contributed by atoms with van der Waals surface area (Å²) in [7, 11) is -3.70. The summed E-state index contributed by atoms with van der Waals surface area (Å²) in [6, 6.07) is 4.47. The van der Waals surface area contributed by atoms with E-state index in [0.29, 0.717) is 4.34 Å². The summed E-state index contributed by atoms with van der Waals surface area (Å²) in [5.74, 6) is 0. The van der Waals surface area contributed by atoms with Crippen molar-refractivity contribution in [2.75, 3.05) is 0 Å². The molecule has 0 amide bonds. The summed E-state index contributed by atoms with van der Waals surface area (Å²) >= 11 is 12.6. The summed E-state index contributed by atoms with van der Waals surface area (Å²) in [6.45, 7) is 1.73. The van der Waals surface area contributed by atoms with E-state index in [0.717, 1.165) is 16.9 Å². The van der Waals surface area contributed by atoms with Gasteiger partial charge in [-0.15, -0.1) is 11.3 Å². The van der Waals surface area contributed by atoms with E-state index in [1.54, 1.807) is 31.5 Å². The minimum Gasteiger partial charge on any atom is -0.264 e. The van der Waals surface area contributed by atoms with Crippen LogP contribution in [0, 0.1) is 0 Å². The summed E-state index contributed by atoms with van der Waals surface area (Å²) in [5.41, 5.74) is 0.767. The number of aromatic nitrogens is 1. The van der Waals surface area contributed by atoms with Crippen molar-refractivity contribution in [1.29, 1.82) is 0 Å². The van der Waals surface area contributed by atoms with Crippen LogP contribution in [0.1, 0.15) is 18.5 Å². The number of pyridine rings is 1. The molecule has 0 radical (unpaired) electrons. The van der Waals surface area contributed by atoms with E-state index in [-0.39, 0.29) is 9.23 Å². The molecule has 0 aliphatic carbocycles. The molecule has 2 aromatic heterocycles. The Morgan fingerprint density at radius 1 is 1.42 bits per heavy atom. The van der Waals surface area contributed by atoms with Crippen LogP contribution < -0.4 is 4.72 Å². The van der Waals surface area contributed by atoms with Crippen molar-refractivity contribution < 1.29 is 8.42 Å². The van der Waals surface area contributed by atoms with Crippen LogP contribution in [0.3, 0.4) is 0 Å². The summed E-state index contributed by atoms with van der Waals surface area (Å²) in [5, 5.41) is 0. The first kappa shape index (κ1) is 14.7. The highest BCUT2D eigenvalue weighted by Gasteiger charge is 2.23. The van der Waals surface area contributed by atoms with Crippen molar-refractivity contribution in [2.45, 2.75) is 17.9 Å². The number of thiophene rings is 1. The number of rotatable bonds is 4. The van der Waals surface area contributed by atoms with Gasteiger partial charge in [0.2, 0.25) is 10.0 Å². The largest absolute Gasteiger partial charge is 0.264 e. The number of sulfonamides is 1. The normalized spacial score (nSPS) is 13.4. The van der Waals surface area contributed by atoms with E-state index in [9.17, 15) is 8.42 Å². The predicted molar refractivity (Wildman–Crippen MR) is 77.3 cm³/mol. The molecule has 0 unspecified atom stereocenters. The second kappa shape index (κ2) is 5.76. The second-order valence-electron chi connectivity index (χ2n) is 3.82. The van der Waals surface area contributed by atoms with Gasteiger partial charge in [0.25, 0.3) is 0 Å². The molecule has 102 valence electrons. The zero-order valence-electron chi connectivity index (χ0n) is 9.80. The lowest BCUT2D eigenvalue weighted by Gasteiger charge is -2.13. The molecule has 0 spiro atoms. The standard InChI is InChI=1S/C11H10Cl2N2O2S2/c1-7(8-3-2-4-14-6-8)15-19(16,17)9-5-10(12)18-11(9)13/h2-7,15H,1H3/t7-/m0/s1. The number of halogens is 2. The third-order valence-electron chi connectivity index (χ3n) is 2.43. The van der Waals surface area contributed by atoms with Crippen LogP contribution in [-0.2, 0) is 10.0 Å². The number of hydrogen-bond acceptors (Lipinski definition) is 4. The van der Waals surface area contributed by atoms with Gasteiger partial charge in [0, 0.05) is 18.4 Å². The fourth-order valence-corrected chi connectivity index (χ4v) is 4.89. The molecule has 2 heterocycles. The Hall–Kier alpha value is -0.660. The fraction of sp³-hybridized carbons (Fsp3) is 0.182. The van der Waals surface area contributed by atoms with Crippen LogP contribution in [-0.4, -0.2) is 13.4 Å². The van der Waals surface area contributed by atoms with Gasteiger partial charge in [0.1, 0.15) is 9.23 Å². The lowest BCUT2D eigenvalue weighted by Crippen LogP contribution is -2.26. The van der Waals surface area contributed by atoms with Gasteiger partial charge in [-0.3, -0.25) is 4.98 Å². The average Bonchev–Trinajstić information content (AvgIpc) is 2.70. The third kappa shape index (κ3) is 3.46. The quantitative estimate of drug-likeness (QED) is 0.929. The van der Waals surface area contributed by atoms with Gasteiger partial charge in [-0.25, -0.2) is 13.1 Å². The lowest BCUT2D eigenvalue weighted by molar-refractivity contribution is 0.567. The highest BCUT2D eigenvalue weighted by Crippen LogP contribution is 2.34. The minimum atomic E-state index is -3.70. The van der Waals surface area contributed by atoms with Crippen molar-refractivity contribution >= 4 is 44.6 Å². The number of nitrogens with zero attached hydrogens (tertiary/aromatic N) is 1. The van der Waals surface area contributed by atoms with Crippen LogP contribution in [0.25, 0.3) is 0 Å². The lowest BCUT2D eigenvalue weighted by atomic mass is 10.2. The first-order valence-electron chi connectivity index (χ1n) is 5.27. The molecule has 1 N–H and O–H groups in total. The molecule has 1 atom stereocenters. The predicted octanol–water partition coefficient (Wildman–Crippen LogP) is 3.49. The van der Waals surface area contributed by atoms with Gasteiger partial charge in [-0.1, -0.05) is 29.3 Å². The first-order valence-corrected chi connectivity index (χ1v) is 8.33. The molecule has 8 heteroatoms. The maximum Gasteiger partial charge on any atom is 0.243 e. The molecular weight excluding hydrogens is 327 g/mol. The van der Waals surface area contributed by atoms with Gasteiger partial charge in [0.05, 0.1) is 4.34 Å². The van der Waals surface area contributed by atoms with E-state index in [1.807, 2.05) is 0 Å². The van der Waals surface area contributed by atoms with Gasteiger partial charge in [0.15, 0.2) is 0 Å². The molecule has 19 heavy (non-hydrogen) atoms. The van der Waals surface area contributed by atoms with Crippen molar-refractivity contribution in [2.24, 2.45) is 0 Å². The second-order valence-corrected chi connectivity index (χ2v) is 7.79. The van der Waals surface area contributed by atoms with Crippen LogP contribution in [0.4, 0.5) is 0 Å². The van der Waals surface area contributed by atoms with Gasteiger partial charge >= 0.3 is 0 Å². The average molecular weight is 337 g/mol. The summed E-state index contributed by atoms with van der Waals surface area (Å²) < 4.78 is 27.4. The highest BCUT2D eigenvalue weighted by molar-refractivity contribution is 7.89. The molecule has 0 aliphatic heterocycles. The zero-order chi connectivity index (χ0) is 14.0. The maximum absolute atomic E-state index is 12.2. The Kier molecular flexibility index (Phi) is 4.47. The molecule has 2 aromatic rings. The Morgan fingerprint density at radius 2 is 2.16 bits per heavy atom. The van der Waals surface area contributed by atoms with E-state index in [1.165, 1.54) is 6.07 Å². The first-order chi connectivity index (χ1) is 8.90. The fourth-order valence-electron chi connectivity index (χ4n) is 1.50. The Bertz CT molecular complexity index is 671. The number of hydrogen-bond donors (Lipinski definition) is 1. The molecule has 0 bridgehead atoms. The van der Waals surface area contributed by atoms with Crippen LogP contribution in [0.2, 0.25) is 8.67 Å². The monoisotopic (exact) mass is 336 g/mol. The summed E-state index contributed by atoms with van der Waals surface area (Å²) in [6.07, 6.45) is 3.23. The van der Waals surface area contributed by atoms with E-state index < -0.39 is 16.1 Å². The van der Waals surface area contributed by atoms with Crippen LogP contribution in [0.5, 0.6) is 0 Å². The molecule has 0 aromatic carbocycles. The molecule has 0 aliphatic rings. The van der Waals surface area contributed by atoms with Gasteiger partial charge in [-0.05, 0) is 24.6 Å². The summed E-state index contributed by atoms with van der Waals surface area (Å²) in [4.78, 5) is 3.95. The van der Waals surface area contributed by atoms with Crippen LogP contribution in [0.15, 0.2) is 35.5 Å². The molecule has 0 saturated heterocycles. The highest BCUT2D eigenvalue weighted by atomic mass is 35.5. The molecule has 0 saturated carbocycles. The van der Waals surface area contributed by atoms with E-state index in [2.05, 4.69) is 9.71 Å². The Labute approximate surface area is 125 Å². The third-order valence-corrected chi connectivity index (χ3v) is 5.72. The zero-order valence-corrected chi connectivity index (χ0v) is 12.9. The van der Waals surface area contributed by atoms with Crippen molar-refractivity contribution in [3.05, 3.63) is 44.8 Å². The van der Waals surface area contributed by atoms with Crippen molar-refractivity contribution in [3.8, 4) is 0 Å². The maximum atomic E-state index is 12.2. The van der Waals surface area contributed by atoms with Crippen molar-refractivity contribution in [3.63, 3.8) is 0 Å². The topological polar surface area (TPSA) is 59.1 Å². The smallest absolute Gasteiger partial charge is 0.243 e. The Morgan fingerprint density at radius 3 is 2.68 bits per heavy atom. The SMILES string of the molecule is C[C@H](NS(=O)(=O)c1cc(Cl)sc1Cl)c1cccnc1. The van der Waals surface area contributed by atoms with E-state index in [4.69, 9.17) is 23.2 Å². The number of nitrogens with one attached hydrogen (secondary N) is 1.